The minimum absolute atomic E-state index is 0.203. The third kappa shape index (κ3) is 2.33. The summed E-state index contributed by atoms with van der Waals surface area (Å²) in [6, 6.07) is 14.8. The number of carbonyl (C=O) groups is 1. The van der Waals surface area contributed by atoms with Gasteiger partial charge in [0.2, 0.25) is 0 Å². The average molecular weight is 291 g/mol. The average Bonchev–Trinajstić information content (AvgIpc) is 2.73. The molecule has 2 nitrogen and oxygen atoms in total. The van der Waals surface area contributed by atoms with Crippen LogP contribution in [0.4, 0.5) is 0 Å². The molecule has 1 amide bonds. The van der Waals surface area contributed by atoms with Crippen molar-refractivity contribution >= 4 is 5.91 Å². The van der Waals surface area contributed by atoms with Crippen molar-refractivity contribution in [1.82, 2.24) is 4.90 Å². The lowest BCUT2D eigenvalue weighted by molar-refractivity contribution is 0.0761. The van der Waals surface area contributed by atoms with Gasteiger partial charge >= 0.3 is 0 Å². The maximum absolute atomic E-state index is 12.8. The van der Waals surface area contributed by atoms with E-state index in [0.717, 1.165) is 37.9 Å². The van der Waals surface area contributed by atoms with Gasteiger partial charge in [0.05, 0.1) is 0 Å². The summed E-state index contributed by atoms with van der Waals surface area (Å²) in [6.07, 6.45) is 5.77. The number of rotatable bonds is 1. The van der Waals surface area contributed by atoms with Crippen LogP contribution >= 0.6 is 0 Å². The summed E-state index contributed by atoms with van der Waals surface area (Å²) in [7, 11) is 0. The Morgan fingerprint density at radius 2 is 1.55 bits per heavy atom. The van der Waals surface area contributed by atoms with Crippen LogP contribution < -0.4 is 0 Å². The van der Waals surface area contributed by atoms with Gasteiger partial charge in [-0.3, -0.25) is 4.79 Å². The topological polar surface area (TPSA) is 20.3 Å². The molecule has 0 N–H and O–H groups in total. The van der Waals surface area contributed by atoms with E-state index in [9.17, 15) is 4.79 Å². The summed E-state index contributed by atoms with van der Waals surface area (Å²) in [6.45, 7) is 1.82. The van der Waals surface area contributed by atoms with Gasteiger partial charge in [0.15, 0.2) is 0 Å². The van der Waals surface area contributed by atoms with Crippen LogP contribution in [0.15, 0.2) is 42.5 Å². The molecule has 1 fully saturated rings. The predicted octanol–water partition coefficient (Wildman–Crippen LogP) is 4.27. The first-order valence-electron chi connectivity index (χ1n) is 8.33. The first kappa shape index (κ1) is 13.6. The Balaban J connectivity index is 1.66. The maximum atomic E-state index is 12.8. The number of hydrogen-bond donors (Lipinski definition) is 0. The molecule has 4 rings (SSSR count). The summed E-state index contributed by atoms with van der Waals surface area (Å²) < 4.78 is 0. The Kier molecular flexibility index (Phi) is 3.45. The molecule has 0 atom stereocenters. The summed E-state index contributed by atoms with van der Waals surface area (Å²) in [4.78, 5) is 14.8. The fourth-order valence-corrected chi connectivity index (χ4v) is 3.71. The number of fused-ring (bicyclic) bond motifs is 3. The highest BCUT2D eigenvalue weighted by Gasteiger charge is 2.22. The fourth-order valence-electron chi connectivity index (χ4n) is 3.71. The zero-order chi connectivity index (χ0) is 14.9. The highest BCUT2D eigenvalue weighted by molar-refractivity contribution is 5.96. The zero-order valence-corrected chi connectivity index (χ0v) is 12.8. The van der Waals surface area contributed by atoms with Crippen molar-refractivity contribution in [1.29, 1.82) is 0 Å². The second-order valence-electron chi connectivity index (χ2n) is 6.41. The van der Waals surface area contributed by atoms with Crippen molar-refractivity contribution in [3.05, 3.63) is 59.2 Å². The summed E-state index contributed by atoms with van der Waals surface area (Å²) in [5, 5.41) is 0. The Hall–Kier alpha value is -2.09. The lowest BCUT2D eigenvalue weighted by Gasteiger charge is -2.20. The van der Waals surface area contributed by atoms with Gasteiger partial charge in [-0.15, -0.1) is 0 Å². The largest absolute Gasteiger partial charge is 0.339 e. The molecule has 2 heteroatoms. The first-order valence-corrected chi connectivity index (χ1v) is 8.33. The van der Waals surface area contributed by atoms with Gasteiger partial charge in [-0.25, -0.2) is 0 Å². The second-order valence-corrected chi connectivity index (χ2v) is 6.41. The highest BCUT2D eigenvalue weighted by atomic mass is 16.2. The van der Waals surface area contributed by atoms with Crippen LogP contribution in [0.2, 0.25) is 0 Å². The summed E-state index contributed by atoms with van der Waals surface area (Å²) in [5.74, 6) is 0.203. The Morgan fingerprint density at radius 1 is 0.818 bits per heavy atom. The lowest BCUT2D eigenvalue weighted by atomic mass is 10.0. The first-order chi connectivity index (χ1) is 10.8. The highest BCUT2D eigenvalue weighted by Crippen LogP contribution is 2.37. The van der Waals surface area contributed by atoms with Gasteiger partial charge in [0.1, 0.15) is 0 Å². The molecule has 0 spiro atoms. The Labute approximate surface area is 131 Å². The van der Waals surface area contributed by atoms with Crippen LogP contribution in [0.5, 0.6) is 0 Å². The van der Waals surface area contributed by atoms with E-state index in [1.54, 1.807) is 0 Å². The van der Waals surface area contributed by atoms with Crippen LogP contribution in [0, 0.1) is 0 Å². The number of likely N-dealkylation sites (tertiary alicyclic amines) is 1. The third-order valence-electron chi connectivity index (χ3n) is 4.94. The quantitative estimate of drug-likeness (QED) is 0.655. The molecule has 0 aromatic heterocycles. The predicted molar refractivity (Wildman–Crippen MR) is 89.1 cm³/mol. The van der Waals surface area contributed by atoms with E-state index in [1.165, 1.54) is 35.1 Å². The van der Waals surface area contributed by atoms with Crippen molar-refractivity contribution < 1.29 is 4.79 Å². The molecule has 1 aliphatic carbocycles. The maximum Gasteiger partial charge on any atom is 0.253 e. The molecular weight excluding hydrogens is 270 g/mol. The molecule has 2 aromatic rings. The molecule has 0 saturated carbocycles. The Bertz CT molecular complexity index is 711. The molecular formula is C20H21NO. The van der Waals surface area contributed by atoms with Crippen LogP contribution in [-0.2, 0) is 6.42 Å². The molecule has 22 heavy (non-hydrogen) atoms. The molecule has 1 aliphatic heterocycles. The van der Waals surface area contributed by atoms with Crippen LogP contribution in [0.3, 0.4) is 0 Å². The molecule has 0 unspecified atom stereocenters. The van der Waals surface area contributed by atoms with Gasteiger partial charge in [0.25, 0.3) is 5.91 Å². The SMILES string of the molecule is O=C(c1ccc2c(c1)-c1ccccc1C2)N1CCCCCC1. The van der Waals surface area contributed by atoms with E-state index < -0.39 is 0 Å². The molecule has 112 valence electrons. The summed E-state index contributed by atoms with van der Waals surface area (Å²) in [5.41, 5.74) is 6.10. The van der Waals surface area contributed by atoms with E-state index in [-0.39, 0.29) is 5.91 Å². The molecule has 0 radical (unpaired) electrons. The van der Waals surface area contributed by atoms with E-state index in [4.69, 9.17) is 0 Å². The normalized spacial score (nSPS) is 16.8. The van der Waals surface area contributed by atoms with Crippen molar-refractivity contribution in [2.24, 2.45) is 0 Å². The third-order valence-corrected chi connectivity index (χ3v) is 4.94. The zero-order valence-electron chi connectivity index (χ0n) is 12.8. The van der Waals surface area contributed by atoms with Gasteiger partial charge in [-0.1, -0.05) is 43.2 Å². The molecule has 1 saturated heterocycles. The minimum Gasteiger partial charge on any atom is -0.339 e. The standard InChI is InChI=1S/C20H21NO/c22-20(21-11-5-1-2-6-12-21)17-10-9-16-13-15-7-3-4-8-18(15)19(16)14-17/h3-4,7-10,14H,1-2,5-6,11-13H2. The molecule has 0 bridgehead atoms. The van der Waals surface area contributed by atoms with Gasteiger partial charge in [-0.2, -0.15) is 0 Å². The van der Waals surface area contributed by atoms with Crippen LogP contribution in [0.25, 0.3) is 11.1 Å². The van der Waals surface area contributed by atoms with E-state index >= 15 is 0 Å². The number of carbonyl (C=O) groups excluding carboxylic acids is 1. The van der Waals surface area contributed by atoms with Gasteiger partial charge < -0.3 is 4.90 Å². The minimum atomic E-state index is 0.203. The van der Waals surface area contributed by atoms with E-state index in [2.05, 4.69) is 36.4 Å². The Morgan fingerprint density at radius 3 is 2.36 bits per heavy atom. The van der Waals surface area contributed by atoms with Crippen molar-refractivity contribution in [2.75, 3.05) is 13.1 Å². The smallest absolute Gasteiger partial charge is 0.253 e. The van der Waals surface area contributed by atoms with E-state index in [0.29, 0.717) is 0 Å². The molecule has 1 heterocycles. The number of nitrogens with zero attached hydrogens (tertiary/aromatic N) is 1. The van der Waals surface area contributed by atoms with Crippen molar-refractivity contribution in [3.63, 3.8) is 0 Å². The molecule has 2 aliphatic rings. The van der Waals surface area contributed by atoms with Crippen molar-refractivity contribution in [3.8, 4) is 11.1 Å². The van der Waals surface area contributed by atoms with Crippen LogP contribution in [-0.4, -0.2) is 23.9 Å². The second kappa shape index (κ2) is 5.60. The molecule has 2 aromatic carbocycles. The summed E-state index contributed by atoms with van der Waals surface area (Å²) >= 11 is 0. The number of amides is 1. The monoisotopic (exact) mass is 291 g/mol. The van der Waals surface area contributed by atoms with Crippen LogP contribution in [0.1, 0.15) is 47.2 Å². The van der Waals surface area contributed by atoms with E-state index in [1.807, 2.05) is 11.0 Å². The van der Waals surface area contributed by atoms with Crippen molar-refractivity contribution in [2.45, 2.75) is 32.1 Å². The lowest BCUT2D eigenvalue weighted by Crippen LogP contribution is -2.31. The fraction of sp³-hybridized carbons (Fsp3) is 0.350. The number of benzene rings is 2. The van der Waals surface area contributed by atoms with Gasteiger partial charge in [0, 0.05) is 18.7 Å². The number of hydrogen-bond acceptors (Lipinski definition) is 1. The van der Waals surface area contributed by atoms with Gasteiger partial charge in [-0.05, 0) is 53.6 Å².